The molecule has 2 N–H and O–H groups in total. The van der Waals surface area contributed by atoms with Gasteiger partial charge in [0.25, 0.3) is 5.91 Å². The summed E-state index contributed by atoms with van der Waals surface area (Å²) in [4.78, 5) is 12.5. The van der Waals surface area contributed by atoms with Crippen molar-refractivity contribution in [3.63, 3.8) is 0 Å². The van der Waals surface area contributed by atoms with Crippen LogP contribution in [0, 0.1) is 6.92 Å². The number of hydrogen-bond acceptors (Lipinski definition) is 5. The maximum absolute atomic E-state index is 12.5. The van der Waals surface area contributed by atoms with Gasteiger partial charge in [-0.05, 0) is 31.9 Å². The number of ether oxygens (including phenoxy) is 1. The summed E-state index contributed by atoms with van der Waals surface area (Å²) in [6.45, 7) is 3.07. The van der Waals surface area contributed by atoms with Crippen LogP contribution in [-0.4, -0.2) is 38.9 Å². The molecule has 7 heteroatoms. The molecule has 2 heterocycles. The molecule has 24 heavy (non-hydrogen) atoms. The molecule has 3 rings (SSSR count). The van der Waals surface area contributed by atoms with E-state index in [0.29, 0.717) is 12.2 Å². The molecular weight excluding hydrogens is 308 g/mol. The molecule has 0 spiro atoms. The molecule has 0 fully saturated rings. The Morgan fingerprint density at radius 2 is 2.25 bits per heavy atom. The van der Waals surface area contributed by atoms with E-state index in [4.69, 9.17) is 4.74 Å². The van der Waals surface area contributed by atoms with Crippen LogP contribution in [0.25, 0.3) is 0 Å². The summed E-state index contributed by atoms with van der Waals surface area (Å²) in [7, 11) is 1.63. The SMILES string of the molecule is COCc1nnc2n1CCC(NC(=O)c1cc(C)ccc1O)CC2. The van der Waals surface area contributed by atoms with E-state index in [1.807, 2.05) is 6.92 Å². The molecule has 128 valence electrons. The molecular formula is C17H22N4O3. The Hall–Kier alpha value is -2.41. The van der Waals surface area contributed by atoms with Gasteiger partial charge in [-0.2, -0.15) is 0 Å². The van der Waals surface area contributed by atoms with Gasteiger partial charge in [0, 0.05) is 26.1 Å². The number of carbonyl (C=O) groups is 1. The minimum atomic E-state index is -0.240. The fraction of sp³-hybridized carbons (Fsp3) is 0.471. The Morgan fingerprint density at radius 3 is 3.04 bits per heavy atom. The number of methoxy groups -OCH3 is 1. The quantitative estimate of drug-likeness (QED) is 0.888. The van der Waals surface area contributed by atoms with Gasteiger partial charge >= 0.3 is 0 Å². The average Bonchev–Trinajstić information content (AvgIpc) is 2.83. The third-order valence-electron chi connectivity index (χ3n) is 4.33. The van der Waals surface area contributed by atoms with Crippen LogP contribution in [-0.2, 0) is 24.3 Å². The van der Waals surface area contributed by atoms with E-state index in [2.05, 4.69) is 20.1 Å². The number of rotatable bonds is 4. The van der Waals surface area contributed by atoms with Crippen LogP contribution in [0.3, 0.4) is 0 Å². The molecule has 2 aromatic rings. The van der Waals surface area contributed by atoms with Crippen LogP contribution in [0.5, 0.6) is 5.75 Å². The molecule has 1 atom stereocenters. The largest absolute Gasteiger partial charge is 0.507 e. The van der Waals surface area contributed by atoms with E-state index >= 15 is 0 Å². The van der Waals surface area contributed by atoms with Crippen LogP contribution in [0.1, 0.15) is 40.4 Å². The van der Waals surface area contributed by atoms with Gasteiger partial charge in [-0.3, -0.25) is 4.79 Å². The number of fused-ring (bicyclic) bond motifs is 1. The van der Waals surface area contributed by atoms with Crippen molar-refractivity contribution in [1.29, 1.82) is 0 Å². The van der Waals surface area contributed by atoms with Crippen molar-refractivity contribution in [2.75, 3.05) is 7.11 Å². The topological polar surface area (TPSA) is 89.3 Å². The van der Waals surface area contributed by atoms with Gasteiger partial charge in [-0.1, -0.05) is 11.6 Å². The molecule has 0 saturated carbocycles. The van der Waals surface area contributed by atoms with E-state index in [1.54, 1.807) is 25.3 Å². The molecule has 1 aliphatic heterocycles. The molecule has 7 nitrogen and oxygen atoms in total. The summed E-state index contributed by atoms with van der Waals surface area (Å²) in [5, 5.41) is 21.3. The number of phenols is 1. The standard InChI is InChI=1S/C17H22N4O3/c1-11-3-5-14(22)13(9-11)17(23)18-12-4-6-15-19-20-16(10-24-2)21(15)8-7-12/h3,5,9,12,22H,4,6-8,10H2,1-2H3,(H,18,23). The summed E-state index contributed by atoms with van der Waals surface area (Å²) in [6, 6.07) is 5.07. The van der Waals surface area contributed by atoms with E-state index in [9.17, 15) is 9.90 Å². The molecule has 1 aliphatic rings. The predicted molar refractivity (Wildman–Crippen MR) is 87.8 cm³/mol. The molecule has 0 bridgehead atoms. The molecule has 0 aliphatic carbocycles. The lowest BCUT2D eigenvalue weighted by molar-refractivity contribution is 0.0930. The average molecular weight is 330 g/mol. The van der Waals surface area contributed by atoms with Crippen molar-refractivity contribution >= 4 is 5.91 Å². The third-order valence-corrected chi connectivity index (χ3v) is 4.33. The summed E-state index contributed by atoms with van der Waals surface area (Å²) in [6.07, 6.45) is 2.34. The number of hydrogen-bond donors (Lipinski definition) is 2. The number of aryl methyl sites for hydroxylation is 2. The number of benzene rings is 1. The number of nitrogens with one attached hydrogen (secondary N) is 1. The van der Waals surface area contributed by atoms with Gasteiger partial charge in [0.1, 0.15) is 18.2 Å². The minimum Gasteiger partial charge on any atom is -0.507 e. The Bertz CT molecular complexity index is 741. The van der Waals surface area contributed by atoms with Crippen molar-refractivity contribution in [2.24, 2.45) is 0 Å². The number of aromatic hydroxyl groups is 1. The van der Waals surface area contributed by atoms with Crippen LogP contribution in [0.2, 0.25) is 0 Å². The van der Waals surface area contributed by atoms with E-state index < -0.39 is 0 Å². The number of phenolic OH excluding ortho intramolecular Hbond substituents is 1. The number of aromatic nitrogens is 3. The van der Waals surface area contributed by atoms with Crippen molar-refractivity contribution in [3.05, 3.63) is 41.0 Å². The summed E-state index contributed by atoms with van der Waals surface area (Å²) in [5.41, 5.74) is 1.26. The lowest BCUT2D eigenvalue weighted by Crippen LogP contribution is -2.35. The first-order chi connectivity index (χ1) is 11.6. The van der Waals surface area contributed by atoms with E-state index in [1.165, 1.54) is 0 Å². The number of carbonyl (C=O) groups excluding carboxylic acids is 1. The van der Waals surface area contributed by atoms with Gasteiger partial charge in [-0.15, -0.1) is 10.2 Å². The highest BCUT2D eigenvalue weighted by molar-refractivity contribution is 5.97. The van der Waals surface area contributed by atoms with Gasteiger partial charge < -0.3 is 19.7 Å². The highest BCUT2D eigenvalue weighted by Gasteiger charge is 2.22. The predicted octanol–water partition coefficient (Wildman–Crippen LogP) is 1.57. The zero-order chi connectivity index (χ0) is 17.1. The van der Waals surface area contributed by atoms with Gasteiger partial charge in [0.15, 0.2) is 5.82 Å². The molecule has 1 aromatic carbocycles. The maximum atomic E-state index is 12.5. The Morgan fingerprint density at radius 1 is 1.42 bits per heavy atom. The Labute approximate surface area is 140 Å². The number of amides is 1. The first-order valence-electron chi connectivity index (χ1n) is 8.09. The van der Waals surface area contributed by atoms with Gasteiger partial charge in [0.05, 0.1) is 5.56 Å². The second kappa shape index (κ2) is 7.00. The molecule has 1 unspecified atom stereocenters. The van der Waals surface area contributed by atoms with E-state index in [0.717, 1.165) is 43.0 Å². The van der Waals surface area contributed by atoms with Crippen molar-refractivity contribution in [3.8, 4) is 5.75 Å². The van der Waals surface area contributed by atoms with Crippen molar-refractivity contribution < 1.29 is 14.6 Å². The second-order valence-corrected chi connectivity index (χ2v) is 6.14. The first kappa shape index (κ1) is 16.4. The lowest BCUT2D eigenvalue weighted by atomic mass is 10.1. The molecule has 0 saturated heterocycles. The van der Waals surface area contributed by atoms with Crippen LogP contribution < -0.4 is 5.32 Å². The van der Waals surface area contributed by atoms with E-state index in [-0.39, 0.29) is 17.7 Å². The minimum absolute atomic E-state index is 0.00577. The van der Waals surface area contributed by atoms with Crippen LogP contribution in [0.15, 0.2) is 18.2 Å². The van der Waals surface area contributed by atoms with Gasteiger partial charge in [-0.25, -0.2) is 0 Å². The van der Waals surface area contributed by atoms with Crippen molar-refractivity contribution in [1.82, 2.24) is 20.1 Å². The van der Waals surface area contributed by atoms with Crippen LogP contribution in [0.4, 0.5) is 0 Å². The fourth-order valence-corrected chi connectivity index (χ4v) is 3.02. The van der Waals surface area contributed by atoms with Gasteiger partial charge in [0.2, 0.25) is 0 Å². The zero-order valence-electron chi connectivity index (χ0n) is 14.0. The Balaban J connectivity index is 1.67. The maximum Gasteiger partial charge on any atom is 0.255 e. The molecule has 1 aromatic heterocycles. The first-order valence-corrected chi connectivity index (χ1v) is 8.09. The van der Waals surface area contributed by atoms with Crippen LogP contribution >= 0.6 is 0 Å². The lowest BCUT2D eigenvalue weighted by Gasteiger charge is -2.17. The van der Waals surface area contributed by atoms with Crippen molar-refractivity contribution in [2.45, 2.75) is 45.4 Å². The monoisotopic (exact) mass is 330 g/mol. The highest BCUT2D eigenvalue weighted by Crippen LogP contribution is 2.20. The molecule has 1 amide bonds. The Kier molecular flexibility index (Phi) is 4.80. The normalized spacial score (nSPS) is 17.2. The summed E-state index contributed by atoms with van der Waals surface area (Å²) < 4.78 is 7.22. The smallest absolute Gasteiger partial charge is 0.255 e. The highest BCUT2D eigenvalue weighted by atomic mass is 16.5. The third kappa shape index (κ3) is 3.41. The second-order valence-electron chi connectivity index (χ2n) is 6.14. The summed E-state index contributed by atoms with van der Waals surface area (Å²) >= 11 is 0. The molecule has 0 radical (unpaired) electrons. The zero-order valence-corrected chi connectivity index (χ0v) is 14.0. The number of nitrogens with zero attached hydrogens (tertiary/aromatic N) is 3. The summed E-state index contributed by atoms with van der Waals surface area (Å²) in [5.74, 6) is 1.51. The fourth-order valence-electron chi connectivity index (χ4n) is 3.02.